The summed E-state index contributed by atoms with van der Waals surface area (Å²) >= 11 is 0. The van der Waals surface area contributed by atoms with Gasteiger partial charge in [0.05, 0.1) is 17.9 Å². The average Bonchev–Trinajstić information content (AvgIpc) is 2.27. The summed E-state index contributed by atoms with van der Waals surface area (Å²) in [4.78, 5) is 26.1. The largest absolute Gasteiger partial charge is 0.477 e. The lowest BCUT2D eigenvalue weighted by Crippen LogP contribution is -2.45. The van der Waals surface area contributed by atoms with E-state index >= 15 is 0 Å². The quantitative estimate of drug-likeness (QED) is 0.745. The smallest absolute Gasteiger partial charge is 0.354 e. The van der Waals surface area contributed by atoms with E-state index in [1.165, 1.54) is 18.3 Å². The Balaban J connectivity index is 2.74. The normalized spacial score (nSPS) is 12.9. The van der Waals surface area contributed by atoms with Crippen LogP contribution in [-0.4, -0.2) is 28.0 Å². The molecule has 1 rings (SSSR count). The molecule has 0 bridgehead atoms. The van der Waals surface area contributed by atoms with Crippen LogP contribution < -0.4 is 11.1 Å². The summed E-state index contributed by atoms with van der Waals surface area (Å²) in [5, 5.41) is 11.3. The topological polar surface area (TPSA) is 105 Å². The van der Waals surface area contributed by atoms with Crippen molar-refractivity contribution in [2.75, 3.05) is 5.32 Å². The molecule has 0 unspecified atom stereocenters. The highest BCUT2D eigenvalue weighted by molar-refractivity contribution is 5.95. The summed E-state index contributed by atoms with van der Waals surface area (Å²) in [5.41, 5.74) is 5.79. The van der Waals surface area contributed by atoms with Crippen LogP contribution in [0.2, 0.25) is 0 Å². The zero-order valence-electron chi connectivity index (χ0n) is 10.6. The van der Waals surface area contributed by atoms with Crippen molar-refractivity contribution in [3.05, 3.63) is 24.0 Å². The molecule has 1 aromatic heterocycles. The monoisotopic (exact) mass is 251 g/mol. The van der Waals surface area contributed by atoms with Crippen molar-refractivity contribution in [2.24, 2.45) is 11.1 Å². The maximum absolute atomic E-state index is 11.8. The van der Waals surface area contributed by atoms with Gasteiger partial charge in [-0.3, -0.25) is 4.79 Å². The predicted molar refractivity (Wildman–Crippen MR) is 67.3 cm³/mol. The first-order valence-corrected chi connectivity index (χ1v) is 5.47. The SMILES string of the molecule is CC(C)(C)[C@@H](N)C(=O)Nc1ccc(C(=O)O)nc1. The molecule has 98 valence electrons. The first-order valence-electron chi connectivity index (χ1n) is 5.47. The molecule has 1 heterocycles. The third kappa shape index (κ3) is 3.53. The maximum atomic E-state index is 11.8. The summed E-state index contributed by atoms with van der Waals surface area (Å²) in [7, 11) is 0. The Hall–Kier alpha value is -1.95. The Morgan fingerprint density at radius 2 is 2.00 bits per heavy atom. The van der Waals surface area contributed by atoms with E-state index in [9.17, 15) is 9.59 Å². The molecule has 6 heteroatoms. The number of nitrogens with zero attached hydrogens (tertiary/aromatic N) is 1. The zero-order chi connectivity index (χ0) is 13.9. The number of anilines is 1. The molecule has 1 amide bonds. The van der Waals surface area contributed by atoms with Gasteiger partial charge in [0.2, 0.25) is 5.91 Å². The van der Waals surface area contributed by atoms with Crippen LogP contribution in [0.3, 0.4) is 0 Å². The number of aromatic carboxylic acids is 1. The molecule has 0 spiro atoms. The minimum Gasteiger partial charge on any atom is -0.477 e. The molecule has 0 aliphatic rings. The fourth-order valence-electron chi connectivity index (χ4n) is 1.21. The fraction of sp³-hybridized carbons (Fsp3) is 0.417. The molecule has 18 heavy (non-hydrogen) atoms. The number of hydrogen-bond acceptors (Lipinski definition) is 4. The van der Waals surface area contributed by atoms with Crippen LogP contribution in [0.25, 0.3) is 0 Å². The number of nitrogens with one attached hydrogen (secondary N) is 1. The van der Waals surface area contributed by atoms with Crippen LogP contribution in [-0.2, 0) is 4.79 Å². The number of carboxylic acids is 1. The second-order valence-electron chi connectivity index (χ2n) is 5.07. The van der Waals surface area contributed by atoms with Gasteiger partial charge in [-0.1, -0.05) is 20.8 Å². The lowest BCUT2D eigenvalue weighted by molar-refractivity contribution is -0.119. The van der Waals surface area contributed by atoms with E-state index in [-0.39, 0.29) is 17.0 Å². The Bertz CT molecular complexity index is 449. The molecule has 1 aromatic rings. The summed E-state index contributed by atoms with van der Waals surface area (Å²) < 4.78 is 0. The van der Waals surface area contributed by atoms with Gasteiger partial charge in [-0.05, 0) is 17.5 Å². The molecule has 0 fully saturated rings. The van der Waals surface area contributed by atoms with Crippen LogP contribution in [0.1, 0.15) is 31.3 Å². The highest BCUT2D eigenvalue weighted by Gasteiger charge is 2.27. The molecule has 6 nitrogen and oxygen atoms in total. The number of amides is 1. The Kier molecular flexibility index (Phi) is 4.03. The number of rotatable bonds is 3. The van der Waals surface area contributed by atoms with Crippen molar-refractivity contribution in [1.82, 2.24) is 4.98 Å². The van der Waals surface area contributed by atoms with Crippen LogP contribution in [0.4, 0.5) is 5.69 Å². The Morgan fingerprint density at radius 1 is 1.39 bits per heavy atom. The van der Waals surface area contributed by atoms with E-state index in [1.807, 2.05) is 20.8 Å². The first-order chi connectivity index (χ1) is 8.21. The van der Waals surface area contributed by atoms with E-state index in [0.29, 0.717) is 5.69 Å². The van der Waals surface area contributed by atoms with Gasteiger partial charge >= 0.3 is 5.97 Å². The molecule has 0 radical (unpaired) electrons. The van der Waals surface area contributed by atoms with Crippen molar-refractivity contribution in [2.45, 2.75) is 26.8 Å². The molecular weight excluding hydrogens is 234 g/mol. The van der Waals surface area contributed by atoms with Crippen LogP contribution in [0.15, 0.2) is 18.3 Å². The van der Waals surface area contributed by atoms with Crippen molar-refractivity contribution in [3.63, 3.8) is 0 Å². The van der Waals surface area contributed by atoms with Crippen LogP contribution in [0, 0.1) is 5.41 Å². The van der Waals surface area contributed by atoms with Gasteiger partial charge in [-0.2, -0.15) is 0 Å². The van der Waals surface area contributed by atoms with E-state index < -0.39 is 12.0 Å². The Labute approximate surface area is 105 Å². The van der Waals surface area contributed by atoms with Gasteiger partial charge in [-0.25, -0.2) is 9.78 Å². The minimum absolute atomic E-state index is 0.0758. The van der Waals surface area contributed by atoms with Crippen molar-refractivity contribution in [3.8, 4) is 0 Å². The molecule has 0 aliphatic heterocycles. The molecule has 4 N–H and O–H groups in total. The van der Waals surface area contributed by atoms with Gasteiger partial charge in [0.25, 0.3) is 0 Å². The number of carbonyl (C=O) groups is 2. The first kappa shape index (κ1) is 14.1. The molecule has 1 atom stereocenters. The lowest BCUT2D eigenvalue weighted by Gasteiger charge is -2.25. The van der Waals surface area contributed by atoms with Gasteiger partial charge in [0, 0.05) is 0 Å². The minimum atomic E-state index is -1.11. The second kappa shape index (κ2) is 5.14. The molecule has 0 saturated carbocycles. The van der Waals surface area contributed by atoms with Gasteiger partial charge < -0.3 is 16.2 Å². The number of hydrogen-bond donors (Lipinski definition) is 3. The summed E-state index contributed by atoms with van der Waals surface area (Å²) in [6.07, 6.45) is 1.29. The molecule has 0 saturated heterocycles. The van der Waals surface area contributed by atoms with Crippen molar-refractivity contribution >= 4 is 17.6 Å². The number of aromatic nitrogens is 1. The highest BCUT2D eigenvalue weighted by atomic mass is 16.4. The molecule has 0 aliphatic carbocycles. The second-order valence-corrected chi connectivity index (χ2v) is 5.07. The zero-order valence-corrected chi connectivity index (χ0v) is 10.6. The van der Waals surface area contributed by atoms with Crippen molar-refractivity contribution in [1.29, 1.82) is 0 Å². The Morgan fingerprint density at radius 3 is 2.39 bits per heavy atom. The van der Waals surface area contributed by atoms with Crippen molar-refractivity contribution < 1.29 is 14.7 Å². The number of carbonyl (C=O) groups excluding carboxylic acids is 1. The van der Waals surface area contributed by atoms with Gasteiger partial charge in [-0.15, -0.1) is 0 Å². The third-order valence-electron chi connectivity index (χ3n) is 2.47. The van der Waals surface area contributed by atoms with E-state index in [4.69, 9.17) is 10.8 Å². The van der Waals surface area contributed by atoms with E-state index in [0.717, 1.165) is 0 Å². The van der Waals surface area contributed by atoms with E-state index in [2.05, 4.69) is 10.3 Å². The fourth-order valence-corrected chi connectivity index (χ4v) is 1.21. The maximum Gasteiger partial charge on any atom is 0.354 e. The van der Waals surface area contributed by atoms with Gasteiger partial charge in [0.15, 0.2) is 0 Å². The summed E-state index contributed by atoms with van der Waals surface area (Å²) in [5.74, 6) is -1.44. The summed E-state index contributed by atoms with van der Waals surface area (Å²) in [6.45, 7) is 5.59. The number of pyridine rings is 1. The highest BCUT2D eigenvalue weighted by Crippen LogP contribution is 2.18. The predicted octanol–water partition coefficient (Wildman–Crippen LogP) is 1.09. The molecule has 0 aromatic carbocycles. The number of nitrogens with two attached hydrogens (primary N) is 1. The lowest BCUT2D eigenvalue weighted by atomic mass is 9.87. The summed E-state index contributed by atoms with van der Waals surface area (Å²) in [6, 6.07) is 2.14. The van der Waals surface area contributed by atoms with Crippen LogP contribution >= 0.6 is 0 Å². The van der Waals surface area contributed by atoms with Crippen LogP contribution in [0.5, 0.6) is 0 Å². The number of carboxylic acid groups (broad SMARTS) is 1. The van der Waals surface area contributed by atoms with E-state index in [1.54, 1.807) is 0 Å². The molecular formula is C12H17N3O3. The van der Waals surface area contributed by atoms with Gasteiger partial charge in [0.1, 0.15) is 5.69 Å². The average molecular weight is 251 g/mol. The third-order valence-corrected chi connectivity index (χ3v) is 2.47. The standard InChI is InChI=1S/C12H17N3O3/c1-12(2,3)9(13)10(16)15-7-4-5-8(11(17)18)14-6-7/h4-6,9H,13H2,1-3H3,(H,15,16)(H,17,18)/t9-/m0/s1.